The first-order valence-electron chi connectivity index (χ1n) is 9.55. The second kappa shape index (κ2) is 10.1. The average Bonchev–Trinajstić information content (AvgIpc) is 2.74. The van der Waals surface area contributed by atoms with Crippen LogP contribution in [0.1, 0.15) is 31.4 Å². The minimum Gasteiger partial charge on any atom is -0.497 e. The highest BCUT2D eigenvalue weighted by atomic mass is 16.6. The molecule has 32 heavy (non-hydrogen) atoms. The molecule has 0 amide bonds. The summed E-state index contributed by atoms with van der Waals surface area (Å²) in [7, 11) is 0. The molecule has 2 aromatic carbocycles. The summed E-state index contributed by atoms with van der Waals surface area (Å²) in [6.45, 7) is 4.19. The molecule has 1 heterocycles. The molecule has 1 aromatic heterocycles. The zero-order chi connectivity index (χ0) is 24.0. The summed E-state index contributed by atoms with van der Waals surface area (Å²) in [5.74, 6) is -1.21. The fourth-order valence-electron chi connectivity index (χ4n) is 3.24. The minimum atomic E-state index is -1.21. The van der Waals surface area contributed by atoms with Gasteiger partial charge in [0, 0.05) is 16.5 Å². The number of fused-ring (bicyclic) bond motifs is 1. The van der Waals surface area contributed by atoms with Crippen molar-refractivity contribution in [1.29, 1.82) is 0 Å². The van der Waals surface area contributed by atoms with Gasteiger partial charge >= 0.3 is 11.4 Å². The average molecular weight is 444 g/mol. The molecule has 0 bridgehead atoms. The Balaban J connectivity index is 0.000000227. The molecule has 0 aliphatic rings. The largest absolute Gasteiger partial charge is 0.497 e. The second-order valence-electron chi connectivity index (χ2n) is 6.66. The Morgan fingerprint density at radius 3 is 1.94 bits per heavy atom. The van der Waals surface area contributed by atoms with Crippen molar-refractivity contribution < 1.29 is 19.9 Å². The van der Waals surface area contributed by atoms with Crippen molar-refractivity contribution >= 4 is 28.0 Å². The van der Waals surface area contributed by atoms with E-state index >= 15 is 0 Å². The van der Waals surface area contributed by atoms with E-state index in [0.29, 0.717) is 12.1 Å². The summed E-state index contributed by atoms with van der Waals surface area (Å²) < 4.78 is 0. The standard InChI is InChI=1S/C14H17NO.C6H3N3O7/c1-3-7-11-10(4-2)14(16)15-13-9-6-5-8-12(11)13;10-6-4(8(13)14)1-3(7(11)12)2-5(6)9(15)16/h5-6,8-9H,3-4,7H2,1-2H3,(H,15,16);1-2,10H. The summed E-state index contributed by atoms with van der Waals surface area (Å²) in [5.41, 5.74) is 0.195. The molecule has 2 N–H and O–H groups in total. The van der Waals surface area contributed by atoms with Gasteiger partial charge in [0.2, 0.25) is 0 Å². The van der Waals surface area contributed by atoms with Crippen molar-refractivity contribution in [2.45, 2.75) is 33.1 Å². The summed E-state index contributed by atoms with van der Waals surface area (Å²) >= 11 is 0. The highest BCUT2D eigenvalue weighted by Crippen LogP contribution is 2.38. The number of aryl methyl sites for hydroxylation is 1. The Kier molecular flexibility index (Phi) is 7.56. The zero-order valence-electron chi connectivity index (χ0n) is 17.2. The monoisotopic (exact) mass is 444 g/mol. The third-order valence-corrected chi connectivity index (χ3v) is 4.65. The van der Waals surface area contributed by atoms with Crippen LogP contribution in [0.25, 0.3) is 10.9 Å². The fraction of sp³-hybridized carbons (Fsp3) is 0.250. The molecule has 3 rings (SSSR count). The number of aromatic hydroxyl groups is 1. The molecule has 0 aliphatic heterocycles. The number of benzene rings is 2. The Morgan fingerprint density at radius 1 is 0.906 bits per heavy atom. The molecule has 0 unspecified atom stereocenters. The lowest BCUT2D eigenvalue weighted by atomic mass is 9.98. The van der Waals surface area contributed by atoms with Crippen molar-refractivity contribution in [3.63, 3.8) is 0 Å². The van der Waals surface area contributed by atoms with Crippen LogP contribution in [0.15, 0.2) is 41.2 Å². The predicted octanol–water partition coefficient (Wildman–Crippen LogP) is 4.16. The maximum atomic E-state index is 11.9. The van der Waals surface area contributed by atoms with Crippen molar-refractivity contribution in [1.82, 2.24) is 4.98 Å². The number of aromatic amines is 1. The maximum Gasteiger partial charge on any atom is 0.324 e. The van der Waals surface area contributed by atoms with Gasteiger partial charge in [0.05, 0.1) is 26.9 Å². The van der Waals surface area contributed by atoms with E-state index in [1.165, 1.54) is 10.9 Å². The van der Waals surface area contributed by atoms with Crippen LogP contribution in [0, 0.1) is 30.3 Å². The van der Waals surface area contributed by atoms with E-state index < -0.39 is 37.6 Å². The van der Waals surface area contributed by atoms with Gasteiger partial charge in [0.15, 0.2) is 0 Å². The van der Waals surface area contributed by atoms with Gasteiger partial charge in [0.25, 0.3) is 17.0 Å². The van der Waals surface area contributed by atoms with Crippen molar-refractivity contribution in [3.8, 4) is 5.75 Å². The minimum absolute atomic E-state index is 0.0738. The summed E-state index contributed by atoms with van der Waals surface area (Å²) in [6.07, 6.45) is 2.85. The van der Waals surface area contributed by atoms with Crippen LogP contribution in [0.4, 0.5) is 17.1 Å². The van der Waals surface area contributed by atoms with Gasteiger partial charge in [-0.2, -0.15) is 0 Å². The lowest BCUT2D eigenvalue weighted by Crippen LogP contribution is -2.15. The normalized spacial score (nSPS) is 10.3. The number of nitro benzene ring substituents is 3. The van der Waals surface area contributed by atoms with Crippen LogP contribution < -0.4 is 5.56 Å². The second-order valence-corrected chi connectivity index (χ2v) is 6.66. The lowest BCUT2D eigenvalue weighted by molar-refractivity contribution is -0.404. The number of aromatic nitrogens is 1. The molecular weight excluding hydrogens is 424 g/mol. The molecular formula is C20H20N4O8. The van der Waals surface area contributed by atoms with E-state index in [-0.39, 0.29) is 5.56 Å². The molecule has 168 valence electrons. The number of nitrogens with one attached hydrogen (secondary N) is 1. The first kappa shape index (κ1) is 23.9. The Hall–Kier alpha value is -4.35. The molecule has 0 fully saturated rings. The number of phenols is 1. The number of rotatable bonds is 6. The van der Waals surface area contributed by atoms with Crippen LogP contribution >= 0.6 is 0 Å². The van der Waals surface area contributed by atoms with Gasteiger partial charge in [-0.1, -0.05) is 38.5 Å². The molecule has 0 saturated heterocycles. The van der Waals surface area contributed by atoms with Gasteiger partial charge in [-0.05, 0) is 24.5 Å². The highest BCUT2D eigenvalue weighted by molar-refractivity contribution is 5.83. The quantitative estimate of drug-likeness (QED) is 0.419. The first-order chi connectivity index (χ1) is 15.1. The van der Waals surface area contributed by atoms with Gasteiger partial charge in [-0.25, -0.2) is 0 Å². The Bertz CT molecular complexity index is 1220. The number of non-ortho nitro benzene ring substituents is 1. The number of para-hydroxylation sites is 1. The van der Waals surface area contributed by atoms with Gasteiger partial charge in [-0.3, -0.25) is 35.1 Å². The van der Waals surface area contributed by atoms with E-state index in [1.807, 2.05) is 25.1 Å². The molecule has 0 radical (unpaired) electrons. The van der Waals surface area contributed by atoms with Crippen LogP contribution in [-0.4, -0.2) is 24.9 Å². The third kappa shape index (κ3) is 5.03. The van der Waals surface area contributed by atoms with Crippen molar-refractivity contribution in [2.24, 2.45) is 0 Å². The van der Waals surface area contributed by atoms with Crippen LogP contribution in [0.2, 0.25) is 0 Å². The topological polar surface area (TPSA) is 183 Å². The van der Waals surface area contributed by atoms with Crippen molar-refractivity contribution in [3.05, 3.63) is 88.2 Å². The summed E-state index contributed by atoms with van der Waals surface area (Å²) in [6, 6.07) is 8.94. The SMILES string of the molecule is CCCc1c(CC)c(=O)[nH]c2ccccc12.O=[N+]([O-])c1cc([N+](=O)[O-])c(O)c([N+](=O)[O-])c1. The molecule has 12 heteroatoms. The highest BCUT2D eigenvalue weighted by Gasteiger charge is 2.30. The van der Waals surface area contributed by atoms with E-state index in [4.69, 9.17) is 5.11 Å². The number of hydrogen-bond donors (Lipinski definition) is 2. The zero-order valence-corrected chi connectivity index (χ0v) is 17.2. The molecule has 3 aromatic rings. The first-order valence-corrected chi connectivity index (χ1v) is 9.55. The maximum absolute atomic E-state index is 11.9. The molecule has 0 atom stereocenters. The van der Waals surface area contributed by atoms with E-state index in [9.17, 15) is 35.1 Å². The Labute approximate surface area is 180 Å². The molecule has 0 saturated carbocycles. The van der Waals surface area contributed by atoms with Crippen molar-refractivity contribution in [2.75, 3.05) is 0 Å². The Morgan fingerprint density at radius 2 is 1.47 bits per heavy atom. The van der Waals surface area contributed by atoms with E-state index in [2.05, 4.69) is 18.0 Å². The molecule has 0 aliphatic carbocycles. The molecule has 0 spiro atoms. The van der Waals surface area contributed by atoms with Gasteiger partial charge in [0.1, 0.15) is 0 Å². The third-order valence-electron chi connectivity index (χ3n) is 4.65. The van der Waals surface area contributed by atoms with Crippen LogP contribution in [-0.2, 0) is 12.8 Å². The number of nitrogens with zero attached hydrogens (tertiary/aromatic N) is 3. The fourth-order valence-corrected chi connectivity index (χ4v) is 3.24. The van der Waals surface area contributed by atoms with Gasteiger partial charge < -0.3 is 10.1 Å². The summed E-state index contributed by atoms with van der Waals surface area (Å²) in [5, 5.41) is 41.4. The summed E-state index contributed by atoms with van der Waals surface area (Å²) in [4.78, 5) is 42.6. The predicted molar refractivity (Wildman–Crippen MR) is 116 cm³/mol. The number of phenolic OH excluding ortho intramolecular Hbond substituents is 1. The van der Waals surface area contributed by atoms with Crippen LogP contribution in [0.5, 0.6) is 5.75 Å². The van der Waals surface area contributed by atoms with E-state index in [0.717, 1.165) is 30.3 Å². The molecule has 12 nitrogen and oxygen atoms in total. The van der Waals surface area contributed by atoms with Gasteiger partial charge in [-0.15, -0.1) is 0 Å². The number of pyridine rings is 1. The lowest BCUT2D eigenvalue weighted by Gasteiger charge is -2.10. The smallest absolute Gasteiger partial charge is 0.324 e. The number of nitro groups is 3. The number of hydrogen-bond acceptors (Lipinski definition) is 8. The van der Waals surface area contributed by atoms with Crippen LogP contribution in [0.3, 0.4) is 0 Å². The number of H-pyrrole nitrogens is 1. The van der Waals surface area contributed by atoms with E-state index in [1.54, 1.807) is 0 Å².